The Balaban J connectivity index is 1.92. The van der Waals surface area contributed by atoms with Gasteiger partial charge >= 0.3 is 0 Å². The Hall–Kier alpha value is -2.06. The first kappa shape index (κ1) is 12.9. The van der Waals surface area contributed by atoms with Crippen LogP contribution in [-0.4, -0.2) is 5.78 Å². The summed E-state index contributed by atoms with van der Waals surface area (Å²) in [5.41, 5.74) is 3.12. The van der Waals surface area contributed by atoms with Gasteiger partial charge in [-0.25, -0.2) is 0 Å². The number of halogens is 1. The Morgan fingerprint density at radius 3 is 2.45 bits per heavy atom. The quantitative estimate of drug-likeness (QED) is 0.642. The maximum atomic E-state index is 11.3. The molecule has 100 valence electrons. The van der Waals surface area contributed by atoms with E-state index in [-0.39, 0.29) is 5.78 Å². The zero-order chi connectivity index (χ0) is 14.1. The largest absolute Gasteiger partial charge is 0.453 e. The van der Waals surface area contributed by atoms with Crippen molar-refractivity contribution in [3.05, 3.63) is 70.4 Å². The van der Waals surface area contributed by atoms with Crippen LogP contribution in [-0.2, 0) is 6.42 Å². The minimum atomic E-state index is -0.0551. The third-order valence-electron chi connectivity index (χ3n) is 3.25. The fourth-order valence-electron chi connectivity index (χ4n) is 2.21. The summed E-state index contributed by atoms with van der Waals surface area (Å²) >= 11 is 5.88. The molecule has 0 saturated heterocycles. The van der Waals surface area contributed by atoms with Crippen molar-refractivity contribution in [2.45, 2.75) is 13.3 Å². The van der Waals surface area contributed by atoms with E-state index in [0.29, 0.717) is 5.76 Å². The lowest BCUT2D eigenvalue weighted by atomic mass is 10.0. The molecular formula is C17H13ClO2. The number of rotatable bonds is 3. The predicted octanol–water partition coefficient (Wildman–Crippen LogP) is 4.88. The lowest BCUT2D eigenvalue weighted by molar-refractivity contribution is 0.0989. The average Bonchev–Trinajstić information content (AvgIpc) is 2.85. The Kier molecular flexibility index (Phi) is 3.33. The lowest BCUT2D eigenvalue weighted by Gasteiger charge is -2.02. The van der Waals surface area contributed by atoms with E-state index in [1.807, 2.05) is 36.4 Å². The van der Waals surface area contributed by atoms with Gasteiger partial charge in [0.1, 0.15) is 5.58 Å². The second-order valence-corrected chi connectivity index (χ2v) is 5.28. The highest BCUT2D eigenvalue weighted by Gasteiger charge is 2.08. The number of furan rings is 1. The van der Waals surface area contributed by atoms with E-state index in [0.717, 1.165) is 22.4 Å². The first-order valence-corrected chi connectivity index (χ1v) is 6.77. The summed E-state index contributed by atoms with van der Waals surface area (Å²) in [4.78, 5) is 11.3. The molecule has 1 aromatic heterocycles. The summed E-state index contributed by atoms with van der Waals surface area (Å²) in [5.74, 6) is 0.351. The van der Waals surface area contributed by atoms with Crippen molar-refractivity contribution in [3.63, 3.8) is 0 Å². The molecule has 0 spiro atoms. The van der Waals surface area contributed by atoms with Crippen LogP contribution in [0.5, 0.6) is 0 Å². The van der Waals surface area contributed by atoms with Crippen molar-refractivity contribution in [2.24, 2.45) is 0 Å². The van der Waals surface area contributed by atoms with Gasteiger partial charge in [-0.2, -0.15) is 0 Å². The molecular weight excluding hydrogens is 272 g/mol. The average molecular weight is 285 g/mol. The number of hydrogen-bond acceptors (Lipinski definition) is 2. The van der Waals surface area contributed by atoms with Crippen molar-refractivity contribution >= 4 is 28.4 Å². The van der Waals surface area contributed by atoms with E-state index in [9.17, 15) is 4.79 Å². The van der Waals surface area contributed by atoms with Crippen LogP contribution in [0.2, 0.25) is 5.02 Å². The fourth-order valence-corrected chi connectivity index (χ4v) is 2.34. The molecule has 0 aliphatic heterocycles. The Bertz CT molecular complexity index is 769. The van der Waals surface area contributed by atoms with Gasteiger partial charge in [0.2, 0.25) is 0 Å². The second kappa shape index (κ2) is 5.14. The molecule has 2 nitrogen and oxygen atoms in total. The number of fused-ring (bicyclic) bond motifs is 1. The highest BCUT2D eigenvalue weighted by molar-refractivity contribution is 6.30. The molecule has 0 aliphatic rings. The van der Waals surface area contributed by atoms with Gasteiger partial charge in [0, 0.05) is 17.3 Å². The highest BCUT2D eigenvalue weighted by Crippen LogP contribution is 2.23. The van der Waals surface area contributed by atoms with Crippen LogP contribution in [0.25, 0.3) is 11.0 Å². The Morgan fingerprint density at radius 1 is 1.05 bits per heavy atom. The van der Waals surface area contributed by atoms with Crippen LogP contribution in [0.4, 0.5) is 0 Å². The number of carbonyl (C=O) groups is 1. The molecule has 0 saturated carbocycles. The molecule has 3 rings (SSSR count). The molecule has 3 heteroatoms. The van der Waals surface area contributed by atoms with Gasteiger partial charge < -0.3 is 4.42 Å². The smallest absolute Gasteiger partial charge is 0.194 e. The van der Waals surface area contributed by atoms with Gasteiger partial charge in [-0.3, -0.25) is 4.79 Å². The first-order valence-electron chi connectivity index (χ1n) is 6.40. The van der Waals surface area contributed by atoms with Crippen molar-refractivity contribution in [3.8, 4) is 0 Å². The summed E-state index contributed by atoms with van der Waals surface area (Å²) < 4.78 is 5.48. The van der Waals surface area contributed by atoms with E-state index in [4.69, 9.17) is 16.0 Å². The number of benzene rings is 2. The number of carbonyl (C=O) groups excluding carboxylic acids is 1. The SMILES string of the molecule is CC(=O)c1cc2cc(Cc3ccc(Cl)cc3)ccc2o1. The minimum Gasteiger partial charge on any atom is -0.453 e. The Labute approximate surface area is 122 Å². The molecule has 0 amide bonds. The van der Waals surface area contributed by atoms with Gasteiger partial charge in [-0.15, -0.1) is 0 Å². The third kappa shape index (κ3) is 2.61. The summed E-state index contributed by atoms with van der Waals surface area (Å²) in [6, 6.07) is 15.6. The molecule has 0 N–H and O–H groups in total. The molecule has 0 aliphatic carbocycles. The molecule has 2 aromatic carbocycles. The number of ketones is 1. The maximum Gasteiger partial charge on any atom is 0.194 e. The van der Waals surface area contributed by atoms with Crippen LogP contribution >= 0.6 is 11.6 Å². The summed E-state index contributed by atoms with van der Waals surface area (Å²) in [5, 5.41) is 1.70. The summed E-state index contributed by atoms with van der Waals surface area (Å²) in [6.07, 6.45) is 0.827. The Morgan fingerprint density at radius 2 is 1.75 bits per heavy atom. The zero-order valence-electron chi connectivity index (χ0n) is 11.0. The standard InChI is InChI=1S/C17H13ClO2/c1-11(19)17-10-14-9-13(4-7-16(14)20-17)8-12-2-5-15(18)6-3-12/h2-7,9-10H,8H2,1H3. The highest BCUT2D eigenvalue weighted by atomic mass is 35.5. The van der Waals surface area contributed by atoms with Crippen LogP contribution in [0.15, 0.2) is 52.9 Å². The minimum absolute atomic E-state index is 0.0551. The maximum absolute atomic E-state index is 11.3. The van der Waals surface area contributed by atoms with E-state index in [1.54, 1.807) is 6.07 Å². The van der Waals surface area contributed by atoms with Crippen molar-refractivity contribution in [2.75, 3.05) is 0 Å². The number of hydrogen-bond donors (Lipinski definition) is 0. The monoisotopic (exact) mass is 284 g/mol. The molecule has 0 bridgehead atoms. The zero-order valence-corrected chi connectivity index (χ0v) is 11.8. The molecule has 0 atom stereocenters. The molecule has 0 unspecified atom stereocenters. The third-order valence-corrected chi connectivity index (χ3v) is 3.50. The molecule has 3 aromatic rings. The summed E-state index contributed by atoms with van der Waals surface area (Å²) in [7, 11) is 0. The normalized spacial score (nSPS) is 10.9. The van der Waals surface area contributed by atoms with Gasteiger partial charge in [0.15, 0.2) is 11.5 Å². The predicted molar refractivity (Wildman–Crippen MR) is 80.5 cm³/mol. The van der Waals surface area contributed by atoms with E-state index >= 15 is 0 Å². The number of Topliss-reactive ketones (excluding diaryl/α,β-unsaturated/α-hetero) is 1. The molecule has 20 heavy (non-hydrogen) atoms. The van der Waals surface area contributed by atoms with Gasteiger partial charge in [0.05, 0.1) is 0 Å². The van der Waals surface area contributed by atoms with Crippen molar-refractivity contribution in [1.82, 2.24) is 0 Å². The summed E-state index contributed by atoms with van der Waals surface area (Å²) in [6.45, 7) is 1.51. The van der Waals surface area contributed by atoms with Crippen molar-refractivity contribution < 1.29 is 9.21 Å². The lowest BCUT2D eigenvalue weighted by Crippen LogP contribution is -1.87. The molecule has 0 radical (unpaired) electrons. The second-order valence-electron chi connectivity index (χ2n) is 4.84. The van der Waals surface area contributed by atoms with Crippen LogP contribution < -0.4 is 0 Å². The van der Waals surface area contributed by atoms with Crippen LogP contribution in [0.1, 0.15) is 28.6 Å². The molecule has 0 fully saturated rings. The van der Waals surface area contributed by atoms with Crippen molar-refractivity contribution in [1.29, 1.82) is 0 Å². The van der Waals surface area contributed by atoms with Crippen LogP contribution in [0, 0.1) is 0 Å². The topological polar surface area (TPSA) is 30.2 Å². The van der Waals surface area contributed by atoms with E-state index in [2.05, 4.69) is 6.07 Å². The van der Waals surface area contributed by atoms with Gasteiger partial charge in [0.25, 0.3) is 0 Å². The van der Waals surface area contributed by atoms with E-state index in [1.165, 1.54) is 18.1 Å². The van der Waals surface area contributed by atoms with Crippen LogP contribution in [0.3, 0.4) is 0 Å². The van der Waals surface area contributed by atoms with Gasteiger partial charge in [-0.1, -0.05) is 29.8 Å². The van der Waals surface area contributed by atoms with Gasteiger partial charge in [-0.05, 0) is 47.9 Å². The fraction of sp³-hybridized carbons (Fsp3) is 0.118. The van der Waals surface area contributed by atoms with E-state index < -0.39 is 0 Å². The first-order chi connectivity index (χ1) is 9.61. The molecule has 1 heterocycles.